The Hall–Kier alpha value is -1.26. The maximum absolute atomic E-state index is 12.4. The summed E-state index contributed by atoms with van der Waals surface area (Å²) < 4.78 is 4.93. The van der Waals surface area contributed by atoms with Gasteiger partial charge in [-0.2, -0.15) is 0 Å². The highest BCUT2D eigenvalue weighted by Crippen LogP contribution is 2.17. The van der Waals surface area contributed by atoms with E-state index in [2.05, 4.69) is 12.2 Å². The monoisotopic (exact) mass is 298 g/mol. The number of carbonyl (C=O) groups is 2. The zero-order valence-corrected chi connectivity index (χ0v) is 13.5. The molecule has 5 nitrogen and oxygen atoms in total. The summed E-state index contributed by atoms with van der Waals surface area (Å²) in [7, 11) is 0. The average molecular weight is 298 g/mol. The molecular formula is C16H30N2O3. The molecule has 0 saturated heterocycles. The first-order valence-corrected chi connectivity index (χ1v) is 8.38. The highest BCUT2D eigenvalue weighted by atomic mass is 16.5. The van der Waals surface area contributed by atoms with Crippen LogP contribution in [-0.4, -0.2) is 42.6 Å². The van der Waals surface area contributed by atoms with E-state index in [0.29, 0.717) is 25.7 Å². The molecule has 1 fully saturated rings. The molecule has 0 bridgehead atoms. The standard InChI is InChI=1S/C16H30N2O3/c1-3-5-12-18(13-11-15(19)21-4-2)16(20)17-14-9-7-6-8-10-14/h14H,3-13H2,1-2H3,(H,17,20). The van der Waals surface area contributed by atoms with Crippen molar-refractivity contribution >= 4 is 12.0 Å². The molecule has 122 valence electrons. The zero-order chi connectivity index (χ0) is 15.5. The molecule has 5 heteroatoms. The minimum atomic E-state index is -0.232. The third kappa shape index (κ3) is 7.34. The molecule has 0 aliphatic heterocycles. The summed E-state index contributed by atoms with van der Waals surface area (Å²) in [6.45, 7) is 5.43. The van der Waals surface area contributed by atoms with E-state index in [-0.39, 0.29) is 18.4 Å². The number of nitrogens with one attached hydrogen (secondary N) is 1. The molecule has 0 radical (unpaired) electrons. The average Bonchev–Trinajstić information content (AvgIpc) is 2.48. The number of carbonyl (C=O) groups excluding carboxylic acids is 2. The first kappa shape index (κ1) is 17.8. The molecule has 0 atom stereocenters. The van der Waals surface area contributed by atoms with E-state index in [1.54, 1.807) is 11.8 Å². The number of unbranched alkanes of at least 4 members (excludes halogenated alkanes) is 1. The van der Waals surface area contributed by atoms with Gasteiger partial charge in [-0.15, -0.1) is 0 Å². The Bertz CT molecular complexity index is 315. The number of nitrogens with zero attached hydrogens (tertiary/aromatic N) is 1. The van der Waals surface area contributed by atoms with Crippen molar-refractivity contribution in [3.05, 3.63) is 0 Å². The number of hydrogen-bond acceptors (Lipinski definition) is 3. The quantitative estimate of drug-likeness (QED) is 0.701. The normalized spacial score (nSPS) is 15.5. The highest BCUT2D eigenvalue weighted by molar-refractivity contribution is 5.76. The third-order valence-electron chi connectivity index (χ3n) is 3.89. The van der Waals surface area contributed by atoms with E-state index in [1.165, 1.54) is 19.3 Å². The van der Waals surface area contributed by atoms with Crippen LogP contribution in [0.25, 0.3) is 0 Å². The van der Waals surface area contributed by atoms with Crippen LogP contribution in [0, 0.1) is 0 Å². The summed E-state index contributed by atoms with van der Waals surface area (Å²) in [6, 6.07) is 0.276. The van der Waals surface area contributed by atoms with Gasteiger partial charge in [-0.05, 0) is 26.2 Å². The Morgan fingerprint density at radius 1 is 1.14 bits per heavy atom. The molecular weight excluding hydrogens is 268 g/mol. The van der Waals surface area contributed by atoms with Gasteiger partial charge in [-0.25, -0.2) is 4.79 Å². The van der Waals surface area contributed by atoms with Crippen LogP contribution in [0.2, 0.25) is 0 Å². The summed E-state index contributed by atoms with van der Waals surface area (Å²) >= 11 is 0. The SMILES string of the molecule is CCCCN(CCC(=O)OCC)C(=O)NC1CCCCC1. The van der Waals surface area contributed by atoms with Gasteiger partial charge >= 0.3 is 12.0 Å². The van der Waals surface area contributed by atoms with Gasteiger partial charge in [0.2, 0.25) is 0 Å². The lowest BCUT2D eigenvalue weighted by Gasteiger charge is -2.28. The van der Waals surface area contributed by atoms with Gasteiger partial charge in [0.25, 0.3) is 0 Å². The van der Waals surface area contributed by atoms with Crippen molar-refractivity contribution in [1.29, 1.82) is 0 Å². The second-order valence-corrected chi connectivity index (χ2v) is 5.68. The largest absolute Gasteiger partial charge is 0.466 e. The van der Waals surface area contributed by atoms with Gasteiger partial charge < -0.3 is 15.0 Å². The Morgan fingerprint density at radius 2 is 1.86 bits per heavy atom. The molecule has 0 aromatic carbocycles. The summed E-state index contributed by atoms with van der Waals surface area (Å²) in [6.07, 6.45) is 8.08. The maximum Gasteiger partial charge on any atom is 0.317 e. The van der Waals surface area contributed by atoms with E-state index >= 15 is 0 Å². The number of ether oxygens (including phenoxy) is 1. The van der Waals surface area contributed by atoms with Crippen LogP contribution in [0.1, 0.15) is 65.2 Å². The van der Waals surface area contributed by atoms with E-state index < -0.39 is 0 Å². The lowest BCUT2D eigenvalue weighted by molar-refractivity contribution is -0.143. The van der Waals surface area contributed by atoms with Crippen LogP contribution < -0.4 is 5.32 Å². The fourth-order valence-corrected chi connectivity index (χ4v) is 2.64. The van der Waals surface area contributed by atoms with Crippen molar-refractivity contribution in [1.82, 2.24) is 10.2 Å². The molecule has 1 aliphatic rings. The Morgan fingerprint density at radius 3 is 2.48 bits per heavy atom. The van der Waals surface area contributed by atoms with Crippen molar-refractivity contribution in [3.8, 4) is 0 Å². The molecule has 1 rings (SSSR count). The third-order valence-corrected chi connectivity index (χ3v) is 3.89. The lowest BCUT2D eigenvalue weighted by Crippen LogP contribution is -2.46. The second-order valence-electron chi connectivity index (χ2n) is 5.68. The summed E-state index contributed by atoms with van der Waals surface area (Å²) in [5, 5.41) is 3.12. The molecule has 0 unspecified atom stereocenters. The maximum atomic E-state index is 12.4. The molecule has 0 heterocycles. The van der Waals surface area contributed by atoms with E-state index in [4.69, 9.17) is 4.74 Å². The molecule has 1 saturated carbocycles. The zero-order valence-electron chi connectivity index (χ0n) is 13.5. The number of amides is 2. The Balaban J connectivity index is 2.41. The second kappa shape index (κ2) is 10.5. The van der Waals surface area contributed by atoms with Gasteiger partial charge in [-0.3, -0.25) is 4.79 Å². The first-order valence-electron chi connectivity index (χ1n) is 8.38. The summed E-state index contributed by atoms with van der Waals surface area (Å²) in [5.41, 5.74) is 0. The smallest absolute Gasteiger partial charge is 0.317 e. The van der Waals surface area contributed by atoms with Crippen LogP contribution in [0.4, 0.5) is 4.79 Å². The van der Waals surface area contributed by atoms with Gasteiger partial charge in [0.1, 0.15) is 0 Å². The van der Waals surface area contributed by atoms with Crippen LogP contribution in [0.3, 0.4) is 0 Å². The Kier molecular flexibility index (Phi) is 8.87. The first-order chi connectivity index (χ1) is 10.2. The van der Waals surface area contributed by atoms with Crippen LogP contribution in [0.5, 0.6) is 0 Å². The number of esters is 1. The van der Waals surface area contributed by atoms with Crippen molar-refractivity contribution < 1.29 is 14.3 Å². The van der Waals surface area contributed by atoms with Crippen molar-refractivity contribution in [2.24, 2.45) is 0 Å². The summed E-state index contributed by atoms with van der Waals surface area (Å²) in [5.74, 6) is -0.232. The number of hydrogen-bond donors (Lipinski definition) is 1. The van der Waals surface area contributed by atoms with Gasteiger partial charge in [0.15, 0.2) is 0 Å². The van der Waals surface area contributed by atoms with Crippen LogP contribution >= 0.6 is 0 Å². The van der Waals surface area contributed by atoms with E-state index in [0.717, 1.165) is 25.7 Å². The topological polar surface area (TPSA) is 58.6 Å². The van der Waals surface area contributed by atoms with Crippen LogP contribution in [-0.2, 0) is 9.53 Å². The molecule has 1 aliphatic carbocycles. The van der Waals surface area contributed by atoms with Gasteiger partial charge in [0.05, 0.1) is 13.0 Å². The van der Waals surface area contributed by atoms with Crippen molar-refractivity contribution in [3.63, 3.8) is 0 Å². The summed E-state index contributed by atoms with van der Waals surface area (Å²) in [4.78, 5) is 25.6. The molecule has 2 amide bonds. The minimum Gasteiger partial charge on any atom is -0.466 e. The van der Waals surface area contributed by atoms with E-state index in [1.807, 2.05) is 0 Å². The Labute approximate surface area is 128 Å². The highest BCUT2D eigenvalue weighted by Gasteiger charge is 2.20. The van der Waals surface area contributed by atoms with Crippen molar-refractivity contribution in [2.45, 2.75) is 71.3 Å². The lowest BCUT2D eigenvalue weighted by atomic mass is 9.96. The predicted molar refractivity (Wildman–Crippen MR) is 83.1 cm³/mol. The molecule has 0 aromatic heterocycles. The number of rotatable bonds is 8. The van der Waals surface area contributed by atoms with Crippen LogP contribution in [0.15, 0.2) is 0 Å². The predicted octanol–water partition coefficient (Wildman–Crippen LogP) is 3.08. The van der Waals surface area contributed by atoms with E-state index in [9.17, 15) is 9.59 Å². The fraction of sp³-hybridized carbons (Fsp3) is 0.875. The van der Waals surface area contributed by atoms with Crippen molar-refractivity contribution in [2.75, 3.05) is 19.7 Å². The number of urea groups is 1. The molecule has 1 N–H and O–H groups in total. The molecule has 21 heavy (non-hydrogen) atoms. The minimum absolute atomic E-state index is 0.0281. The molecule has 0 aromatic rings. The molecule has 0 spiro atoms. The van der Waals surface area contributed by atoms with Gasteiger partial charge in [0, 0.05) is 19.1 Å². The fourth-order valence-electron chi connectivity index (χ4n) is 2.64. The van der Waals surface area contributed by atoms with Gasteiger partial charge in [-0.1, -0.05) is 32.6 Å².